The average Bonchev–Trinajstić information content (AvgIpc) is 3.34. The van der Waals surface area contributed by atoms with Crippen LogP contribution >= 0.6 is 24.0 Å². The van der Waals surface area contributed by atoms with E-state index in [9.17, 15) is 22.0 Å². The minimum atomic E-state index is -4.22. The standard InChI is InChI=1S/C16H18ClF5N2.ClH/c17-12-11(18)2-1-10(13(12)19)14(23)9-3-7-24(8-4-9)15(5-6-15)16(20,21)22;/h1-2,9,14H,3-8,23H2;1H. The van der Waals surface area contributed by atoms with Crippen LogP contribution in [0.25, 0.3) is 0 Å². The molecule has 142 valence electrons. The minimum absolute atomic E-state index is 0. The van der Waals surface area contributed by atoms with Gasteiger partial charge in [-0.15, -0.1) is 12.4 Å². The van der Waals surface area contributed by atoms with Crippen LogP contribution in [-0.4, -0.2) is 29.7 Å². The molecule has 0 amide bonds. The van der Waals surface area contributed by atoms with Gasteiger partial charge in [-0.1, -0.05) is 17.7 Å². The Bertz CT molecular complexity index is 626. The highest BCUT2D eigenvalue weighted by molar-refractivity contribution is 6.30. The lowest BCUT2D eigenvalue weighted by Crippen LogP contribution is -2.52. The molecule has 1 unspecified atom stereocenters. The number of halogens is 7. The molecular formula is C16H19Cl2F5N2. The van der Waals surface area contributed by atoms with E-state index < -0.39 is 34.4 Å². The average molecular weight is 405 g/mol. The summed E-state index contributed by atoms with van der Waals surface area (Å²) < 4.78 is 66.8. The fourth-order valence-corrected chi connectivity index (χ4v) is 3.81. The van der Waals surface area contributed by atoms with Crippen molar-refractivity contribution in [1.29, 1.82) is 0 Å². The molecule has 2 nitrogen and oxygen atoms in total. The number of nitrogens with two attached hydrogens (primary N) is 1. The van der Waals surface area contributed by atoms with Crippen LogP contribution in [0.5, 0.6) is 0 Å². The molecule has 1 aromatic carbocycles. The van der Waals surface area contributed by atoms with Gasteiger partial charge in [0.15, 0.2) is 0 Å². The molecule has 2 N–H and O–H groups in total. The smallest absolute Gasteiger partial charge is 0.324 e. The molecule has 0 bridgehead atoms. The summed E-state index contributed by atoms with van der Waals surface area (Å²) in [6, 6.07) is 1.59. The summed E-state index contributed by atoms with van der Waals surface area (Å²) in [6.07, 6.45) is -3.08. The molecule has 25 heavy (non-hydrogen) atoms. The van der Waals surface area contributed by atoms with Gasteiger partial charge < -0.3 is 5.73 Å². The maximum absolute atomic E-state index is 14.1. The summed E-state index contributed by atoms with van der Waals surface area (Å²) in [6.45, 7) is 0.544. The third-order valence-electron chi connectivity index (χ3n) is 5.33. The largest absolute Gasteiger partial charge is 0.406 e. The van der Waals surface area contributed by atoms with Crippen molar-refractivity contribution in [2.24, 2.45) is 11.7 Å². The summed E-state index contributed by atoms with van der Waals surface area (Å²) in [5, 5.41) is -0.602. The maximum atomic E-state index is 14.1. The third-order valence-corrected chi connectivity index (χ3v) is 5.67. The second-order valence-electron chi connectivity index (χ2n) is 6.64. The van der Waals surface area contributed by atoms with Gasteiger partial charge in [0.2, 0.25) is 0 Å². The number of rotatable bonds is 3. The van der Waals surface area contributed by atoms with Crippen molar-refractivity contribution in [3.8, 4) is 0 Å². The van der Waals surface area contributed by atoms with E-state index in [4.69, 9.17) is 17.3 Å². The van der Waals surface area contributed by atoms with Gasteiger partial charge in [-0.2, -0.15) is 13.2 Å². The van der Waals surface area contributed by atoms with Gasteiger partial charge in [0, 0.05) is 11.6 Å². The van der Waals surface area contributed by atoms with Crippen molar-refractivity contribution in [3.63, 3.8) is 0 Å². The quantitative estimate of drug-likeness (QED) is 0.576. The number of hydrogen-bond donors (Lipinski definition) is 1. The van der Waals surface area contributed by atoms with Gasteiger partial charge in [0.1, 0.15) is 22.2 Å². The zero-order chi connectivity index (χ0) is 17.7. The van der Waals surface area contributed by atoms with Crippen molar-refractivity contribution in [2.75, 3.05) is 13.1 Å². The lowest BCUT2D eigenvalue weighted by molar-refractivity contribution is -0.200. The fourth-order valence-electron chi connectivity index (χ4n) is 3.64. The van der Waals surface area contributed by atoms with Crippen LogP contribution in [0.2, 0.25) is 5.02 Å². The molecule has 1 atom stereocenters. The number of nitrogens with zero attached hydrogens (tertiary/aromatic N) is 1. The molecule has 2 fully saturated rings. The van der Waals surface area contributed by atoms with Crippen LogP contribution < -0.4 is 5.73 Å². The molecule has 3 rings (SSSR count). The number of benzene rings is 1. The molecule has 1 saturated carbocycles. The first kappa shape index (κ1) is 20.7. The van der Waals surface area contributed by atoms with Gasteiger partial charge in [-0.25, -0.2) is 8.78 Å². The molecule has 1 heterocycles. The summed E-state index contributed by atoms with van der Waals surface area (Å²) in [5.74, 6) is -1.91. The predicted molar refractivity (Wildman–Crippen MR) is 87.9 cm³/mol. The highest BCUT2D eigenvalue weighted by Crippen LogP contribution is 2.54. The first-order valence-corrected chi connectivity index (χ1v) is 8.26. The molecule has 0 spiro atoms. The second kappa shape index (κ2) is 7.18. The molecule has 1 aromatic rings. The van der Waals surface area contributed by atoms with E-state index in [1.54, 1.807) is 0 Å². The first-order chi connectivity index (χ1) is 11.2. The molecule has 2 aliphatic rings. The maximum Gasteiger partial charge on any atom is 0.406 e. The summed E-state index contributed by atoms with van der Waals surface area (Å²) in [5.41, 5.74) is 4.52. The summed E-state index contributed by atoms with van der Waals surface area (Å²) in [7, 11) is 0. The number of likely N-dealkylation sites (tertiary alicyclic amines) is 1. The second-order valence-corrected chi connectivity index (χ2v) is 7.02. The molecule has 1 aliphatic carbocycles. The van der Waals surface area contributed by atoms with Crippen molar-refractivity contribution < 1.29 is 22.0 Å². The fraction of sp³-hybridized carbons (Fsp3) is 0.625. The van der Waals surface area contributed by atoms with Crippen LogP contribution in [0.4, 0.5) is 22.0 Å². The number of hydrogen-bond acceptors (Lipinski definition) is 2. The van der Waals surface area contributed by atoms with E-state index in [1.807, 2.05) is 0 Å². The number of alkyl halides is 3. The lowest BCUT2D eigenvalue weighted by atomic mass is 9.85. The molecule has 0 aromatic heterocycles. The van der Waals surface area contributed by atoms with Crippen molar-refractivity contribution in [3.05, 3.63) is 34.4 Å². The van der Waals surface area contributed by atoms with Crippen molar-refractivity contribution in [2.45, 2.75) is 43.4 Å². The van der Waals surface area contributed by atoms with Crippen LogP contribution in [0.1, 0.15) is 37.3 Å². The van der Waals surface area contributed by atoms with Crippen LogP contribution in [0.3, 0.4) is 0 Å². The molecular weight excluding hydrogens is 386 g/mol. The van der Waals surface area contributed by atoms with Crippen LogP contribution in [-0.2, 0) is 0 Å². The van der Waals surface area contributed by atoms with Crippen LogP contribution in [0, 0.1) is 17.6 Å². The summed E-state index contributed by atoms with van der Waals surface area (Å²) >= 11 is 5.57. The first-order valence-electron chi connectivity index (χ1n) is 7.88. The normalized spacial score (nSPS) is 22.4. The number of piperidine rings is 1. The Kier molecular flexibility index (Phi) is 5.94. The third kappa shape index (κ3) is 3.61. The Morgan fingerprint density at radius 2 is 1.72 bits per heavy atom. The van der Waals surface area contributed by atoms with E-state index in [0.717, 1.165) is 6.07 Å². The molecule has 0 radical (unpaired) electrons. The van der Waals surface area contributed by atoms with Gasteiger partial charge >= 0.3 is 6.18 Å². The zero-order valence-corrected chi connectivity index (χ0v) is 14.8. The van der Waals surface area contributed by atoms with E-state index >= 15 is 0 Å². The topological polar surface area (TPSA) is 29.3 Å². The Morgan fingerprint density at radius 1 is 1.16 bits per heavy atom. The van der Waals surface area contributed by atoms with Gasteiger partial charge in [0.05, 0.1) is 0 Å². The van der Waals surface area contributed by atoms with Gasteiger partial charge in [-0.05, 0) is 50.8 Å². The Morgan fingerprint density at radius 3 is 2.20 bits per heavy atom. The molecule has 1 aliphatic heterocycles. The SMILES string of the molecule is Cl.NC(c1ccc(F)c(Cl)c1F)C1CCN(C2(C(F)(F)F)CC2)CC1. The Hall–Kier alpha value is -0.630. The predicted octanol–water partition coefficient (Wildman–Crippen LogP) is 4.85. The highest BCUT2D eigenvalue weighted by atomic mass is 35.5. The van der Waals surface area contributed by atoms with E-state index in [1.165, 1.54) is 11.0 Å². The monoisotopic (exact) mass is 404 g/mol. The highest BCUT2D eigenvalue weighted by Gasteiger charge is 2.66. The van der Waals surface area contributed by atoms with Crippen molar-refractivity contribution in [1.82, 2.24) is 4.90 Å². The Labute approximate surface area is 153 Å². The van der Waals surface area contributed by atoms with E-state index in [2.05, 4.69) is 0 Å². The lowest BCUT2D eigenvalue weighted by Gasteiger charge is -2.40. The minimum Gasteiger partial charge on any atom is -0.324 e. The Balaban J connectivity index is 0.00000225. The van der Waals surface area contributed by atoms with E-state index in [0.29, 0.717) is 12.8 Å². The van der Waals surface area contributed by atoms with Crippen LogP contribution in [0.15, 0.2) is 12.1 Å². The zero-order valence-electron chi connectivity index (χ0n) is 13.3. The molecule has 9 heteroatoms. The van der Waals surface area contributed by atoms with Gasteiger partial charge in [0.25, 0.3) is 0 Å². The van der Waals surface area contributed by atoms with E-state index in [-0.39, 0.29) is 49.8 Å². The van der Waals surface area contributed by atoms with Crippen molar-refractivity contribution >= 4 is 24.0 Å². The molecule has 1 saturated heterocycles. The van der Waals surface area contributed by atoms with Gasteiger partial charge in [-0.3, -0.25) is 4.90 Å². The summed E-state index contributed by atoms with van der Waals surface area (Å²) in [4.78, 5) is 1.48.